The van der Waals surface area contributed by atoms with Gasteiger partial charge >= 0.3 is 5.97 Å². The number of hydrogen-bond donors (Lipinski definition) is 1. The number of furan rings is 1. The number of para-hydroxylation sites is 1. The van der Waals surface area contributed by atoms with Crippen LogP contribution in [0.4, 0.5) is 4.39 Å². The number of rotatable bonds is 13. The fraction of sp³-hybridized carbons (Fsp3) is 0.344. The van der Waals surface area contributed by atoms with Gasteiger partial charge in [0.1, 0.15) is 29.5 Å². The Morgan fingerprint density at radius 3 is 2.56 bits per heavy atom. The first-order valence-electron chi connectivity index (χ1n) is 13.3. The Hall–Kier alpha value is -3.68. The van der Waals surface area contributed by atoms with Crippen molar-refractivity contribution in [3.63, 3.8) is 0 Å². The van der Waals surface area contributed by atoms with E-state index in [1.165, 1.54) is 0 Å². The van der Waals surface area contributed by atoms with E-state index in [9.17, 15) is 4.79 Å². The van der Waals surface area contributed by atoms with Crippen LogP contribution in [0.25, 0.3) is 22.1 Å². The van der Waals surface area contributed by atoms with Crippen molar-refractivity contribution in [1.82, 2.24) is 0 Å². The van der Waals surface area contributed by atoms with Gasteiger partial charge in [-0.3, -0.25) is 4.79 Å². The first kappa shape index (κ1) is 28.3. The highest BCUT2D eigenvalue weighted by Gasteiger charge is 2.18. The van der Waals surface area contributed by atoms with E-state index in [2.05, 4.69) is 13.8 Å². The molecular formula is C32H36FNO5. The van der Waals surface area contributed by atoms with Crippen LogP contribution < -0.4 is 10.5 Å². The molecule has 0 radical (unpaired) electrons. The van der Waals surface area contributed by atoms with Gasteiger partial charge in [0.25, 0.3) is 0 Å². The summed E-state index contributed by atoms with van der Waals surface area (Å²) in [6.45, 7) is 5.44. The molecular weight excluding hydrogens is 497 g/mol. The van der Waals surface area contributed by atoms with Crippen molar-refractivity contribution >= 4 is 16.9 Å². The molecule has 4 aromatic rings. The molecule has 1 heterocycles. The van der Waals surface area contributed by atoms with Gasteiger partial charge in [0, 0.05) is 60.7 Å². The summed E-state index contributed by atoms with van der Waals surface area (Å²) in [5.41, 5.74) is 9.54. The highest BCUT2D eigenvalue weighted by atomic mass is 19.1. The molecule has 0 amide bonds. The smallest absolute Gasteiger partial charge is 0.310 e. The zero-order valence-electron chi connectivity index (χ0n) is 22.8. The van der Waals surface area contributed by atoms with Gasteiger partial charge in [0.15, 0.2) is 0 Å². The maximum atomic E-state index is 15.4. The number of ether oxygens (including phenoxy) is 3. The van der Waals surface area contributed by atoms with Crippen LogP contribution in [0.2, 0.25) is 0 Å². The molecule has 206 valence electrons. The molecule has 0 spiro atoms. The van der Waals surface area contributed by atoms with Crippen LogP contribution in [0.3, 0.4) is 0 Å². The molecule has 0 unspecified atom stereocenters. The minimum absolute atomic E-state index is 0.102. The minimum atomic E-state index is -0.351. The molecule has 2 N–H and O–H groups in total. The van der Waals surface area contributed by atoms with E-state index < -0.39 is 0 Å². The number of esters is 1. The first-order valence-corrected chi connectivity index (χ1v) is 13.3. The Morgan fingerprint density at radius 1 is 1.00 bits per heavy atom. The molecule has 0 fully saturated rings. The van der Waals surface area contributed by atoms with Crippen molar-refractivity contribution in [3.8, 4) is 16.9 Å². The lowest BCUT2D eigenvalue weighted by Gasteiger charge is -2.13. The molecule has 7 heteroatoms. The maximum Gasteiger partial charge on any atom is 0.310 e. The number of hydrogen-bond acceptors (Lipinski definition) is 6. The molecule has 6 nitrogen and oxygen atoms in total. The topological polar surface area (TPSA) is 83.9 Å². The molecule has 0 bridgehead atoms. The largest absolute Gasteiger partial charge is 0.489 e. The second kappa shape index (κ2) is 13.4. The van der Waals surface area contributed by atoms with Crippen molar-refractivity contribution in [1.29, 1.82) is 0 Å². The monoisotopic (exact) mass is 533 g/mol. The lowest BCUT2D eigenvalue weighted by Crippen LogP contribution is -2.11. The summed E-state index contributed by atoms with van der Waals surface area (Å²) in [6.07, 6.45) is 1.53. The number of carbonyl (C=O) groups excluding carboxylic acids is 1. The van der Waals surface area contributed by atoms with Crippen LogP contribution in [0.5, 0.6) is 5.75 Å². The molecule has 4 rings (SSSR count). The third-order valence-corrected chi connectivity index (χ3v) is 6.38. The van der Waals surface area contributed by atoms with Crippen LogP contribution in [0.1, 0.15) is 42.7 Å². The summed E-state index contributed by atoms with van der Waals surface area (Å²) in [4.78, 5) is 12.3. The van der Waals surface area contributed by atoms with E-state index in [1.54, 1.807) is 25.3 Å². The Kier molecular flexibility index (Phi) is 9.74. The second-order valence-electron chi connectivity index (χ2n) is 10.00. The van der Waals surface area contributed by atoms with Crippen LogP contribution >= 0.6 is 0 Å². The van der Waals surface area contributed by atoms with Crippen molar-refractivity contribution in [3.05, 3.63) is 88.9 Å². The maximum absolute atomic E-state index is 15.4. The van der Waals surface area contributed by atoms with Gasteiger partial charge in [-0.1, -0.05) is 50.2 Å². The van der Waals surface area contributed by atoms with E-state index in [-0.39, 0.29) is 31.4 Å². The third kappa shape index (κ3) is 7.25. The van der Waals surface area contributed by atoms with Gasteiger partial charge in [-0.05, 0) is 35.7 Å². The molecule has 0 atom stereocenters. The lowest BCUT2D eigenvalue weighted by molar-refractivity contribution is -0.143. The summed E-state index contributed by atoms with van der Waals surface area (Å²) in [5.74, 6) is 1.19. The van der Waals surface area contributed by atoms with Gasteiger partial charge in [-0.25, -0.2) is 4.39 Å². The van der Waals surface area contributed by atoms with E-state index >= 15 is 4.39 Å². The van der Waals surface area contributed by atoms with E-state index in [4.69, 9.17) is 24.4 Å². The lowest BCUT2D eigenvalue weighted by atomic mass is 9.98. The van der Waals surface area contributed by atoms with Crippen LogP contribution in [-0.2, 0) is 40.3 Å². The summed E-state index contributed by atoms with van der Waals surface area (Å²) in [6, 6.07) is 18.6. The van der Waals surface area contributed by atoms with Gasteiger partial charge < -0.3 is 24.4 Å². The van der Waals surface area contributed by atoms with Crippen molar-refractivity contribution in [2.75, 3.05) is 20.3 Å². The van der Waals surface area contributed by atoms with Crippen molar-refractivity contribution in [2.45, 2.75) is 46.3 Å². The highest BCUT2D eigenvalue weighted by Crippen LogP contribution is 2.36. The Labute approximate surface area is 228 Å². The molecule has 3 aromatic carbocycles. The standard InChI is InChI=1S/C32H36FNO5/c1-21(2)14-26-17-25-15-22(16-28(32(25)39-26)27-10-6-9-24(19-34)31(27)33)20-38-29-11-5-4-8-23(29)18-30(35)37-13-7-12-36-3/h4-6,8-11,15-17,21H,7,12-14,18-20,34H2,1-3H3. The van der Waals surface area contributed by atoms with E-state index in [0.717, 1.165) is 28.7 Å². The summed E-state index contributed by atoms with van der Waals surface area (Å²) in [7, 11) is 1.61. The van der Waals surface area contributed by atoms with E-state index in [1.807, 2.05) is 42.5 Å². The zero-order valence-corrected chi connectivity index (χ0v) is 22.8. The van der Waals surface area contributed by atoms with Crippen LogP contribution in [0.15, 0.2) is 65.1 Å². The molecule has 0 aliphatic carbocycles. The number of benzene rings is 3. The summed E-state index contributed by atoms with van der Waals surface area (Å²) >= 11 is 0. The normalized spacial score (nSPS) is 11.3. The van der Waals surface area contributed by atoms with Crippen molar-refractivity contribution < 1.29 is 27.8 Å². The number of fused-ring (bicyclic) bond motifs is 1. The fourth-order valence-electron chi connectivity index (χ4n) is 4.55. The molecule has 39 heavy (non-hydrogen) atoms. The predicted octanol–water partition coefficient (Wildman–Crippen LogP) is 6.60. The Morgan fingerprint density at radius 2 is 1.79 bits per heavy atom. The molecule has 1 aromatic heterocycles. The van der Waals surface area contributed by atoms with Crippen LogP contribution in [0, 0.1) is 11.7 Å². The van der Waals surface area contributed by atoms with Crippen LogP contribution in [-0.4, -0.2) is 26.3 Å². The predicted molar refractivity (Wildman–Crippen MR) is 150 cm³/mol. The van der Waals surface area contributed by atoms with E-state index in [0.29, 0.717) is 53.6 Å². The third-order valence-electron chi connectivity index (χ3n) is 6.38. The first-order chi connectivity index (χ1) is 18.9. The number of methoxy groups -OCH3 is 1. The highest BCUT2D eigenvalue weighted by molar-refractivity contribution is 5.94. The molecule has 0 aliphatic heterocycles. The molecule has 0 saturated carbocycles. The van der Waals surface area contributed by atoms with Gasteiger partial charge in [-0.15, -0.1) is 0 Å². The van der Waals surface area contributed by atoms with Gasteiger partial charge in [0.2, 0.25) is 0 Å². The van der Waals surface area contributed by atoms with Crippen molar-refractivity contribution in [2.24, 2.45) is 11.7 Å². The SMILES string of the molecule is COCCCOC(=O)Cc1ccccc1OCc1cc(-c2cccc(CN)c2F)c2oc(CC(C)C)cc2c1. The molecule has 0 saturated heterocycles. The number of nitrogens with two attached hydrogens (primary N) is 1. The average molecular weight is 534 g/mol. The van der Waals surface area contributed by atoms with Gasteiger partial charge in [-0.2, -0.15) is 0 Å². The average Bonchev–Trinajstić information content (AvgIpc) is 3.32. The Balaban J connectivity index is 1.61. The minimum Gasteiger partial charge on any atom is -0.489 e. The number of carbonyl (C=O) groups is 1. The number of halogens is 1. The summed E-state index contributed by atoms with van der Waals surface area (Å²) in [5, 5.41) is 0.882. The summed E-state index contributed by atoms with van der Waals surface area (Å²) < 4.78 is 38.1. The van der Waals surface area contributed by atoms with Gasteiger partial charge in [0.05, 0.1) is 13.0 Å². The second-order valence-corrected chi connectivity index (χ2v) is 10.00. The molecule has 0 aliphatic rings. The Bertz CT molecular complexity index is 1410. The fourth-order valence-corrected chi connectivity index (χ4v) is 4.55. The quantitative estimate of drug-likeness (QED) is 0.154. The zero-order chi connectivity index (χ0) is 27.8.